The molecular formula is C35H33ClF3N3O. The van der Waals surface area contributed by atoms with E-state index in [1.54, 1.807) is 12.1 Å². The SMILES string of the molecule is CCc1ccc(-n2cc(-c3ccc(OC(F)(F)F)cc3)c3cc(CN4CCN(Cc5ccccc5Cl)CC4)ccc32)cc1. The summed E-state index contributed by atoms with van der Waals surface area (Å²) >= 11 is 6.38. The Morgan fingerprint density at radius 1 is 0.767 bits per heavy atom. The first-order valence-electron chi connectivity index (χ1n) is 14.5. The van der Waals surface area contributed by atoms with Crippen LogP contribution < -0.4 is 4.74 Å². The zero-order valence-corrected chi connectivity index (χ0v) is 24.7. The number of benzene rings is 4. The van der Waals surface area contributed by atoms with Crippen molar-refractivity contribution in [3.05, 3.63) is 119 Å². The molecule has 0 N–H and O–H groups in total. The quantitative estimate of drug-likeness (QED) is 0.177. The Balaban J connectivity index is 1.25. The Kier molecular flexibility index (Phi) is 8.48. The number of piperazine rings is 1. The van der Waals surface area contributed by atoms with Gasteiger partial charge in [0, 0.05) is 67.1 Å². The minimum atomic E-state index is -4.73. The monoisotopic (exact) mass is 603 g/mol. The van der Waals surface area contributed by atoms with Crippen molar-refractivity contribution in [3.63, 3.8) is 0 Å². The largest absolute Gasteiger partial charge is 0.573 e. The van der Waals surface area contributed by atoms with Crippen molar-refractivity contribution in [1.82, 2.24) is 14.4 Å². The molecule has 43 heavy (non-hydrogen) atoms. The van der Waals surface area contributed by atoms with E-state index in [1.165, 1.54) is 23.3 Å². The van der Waals surface area contributed by atoms with E-state index < -0.39 is 6.36 Å². The van der Waals surface area contributed by atoms with E-state index in [2.05, 4.69) is 80.8 Å². The number of aryl methyl sites for hydroxylation is 1. The van der Waals surface area contributed by atoms with Crippen LogP contribution in [-0.4, -0.2) is 46.9 Å². The van der Waals surface area contributed by atoms with Crippen LogP contribution in [0.5, 0.6) is 5.75 Å². The lowest BCUT2D eigenvalue weighted by Gasteiger charge is -2.35. The molecular weight excluding hydrogens is 571 g/mol. The van der Waals surface area contributed by atoms with Gasteiger partial charge in [-0.25, -0.2) is 0 Å². The molecule has 0 unspecified atom stereocenters. The van der Waals surface area contributed by atoms with E-state index in [9.17, 15) is 13.2 Å². The van der Waals surface area contributed by atoms with Crippen molar-refractivity contribution in [3.8, 4) is 22.6 Å². The normalized spacial score (nSPS) is 14.8. The van der Waals surface area contributed by atoms with E-state index in [4.69, 9.17) is 11.6 Å². The summed E-state index contributed by atoms with van der Waals surface area (Å²) in [6.07, 6.45) is -1.69. The number of aromatic nitrogens is 1. The zero-order valence-electron chi connectivity index (χ0n) is 23.9. The molecule has 2 heterocycles. The molecule has 1 aliphatic heterocycles. The van der Waals surface area contributed by atoms with Crippen LogP contribution in [0.1, 0.15) is 23.6 Å². The Hall–Kier alpha value is -3.78. The molecule has 6 rings (SSSR count). The molecule has 0 saturated carbocycles. The van der Waals surface area contributed by atoms with Crippen LogP contribution in [0.25, 0.3) is 27.7 Å². The van der Waals surface area contributed by atoms with Gasteiger partial charge in [0.1, 0.15) is 5.75 Å². The molecule has 4 aromatic carbocycles. The maximum atomic E-state index is 12.8. The van der Waals surface area contributed by atoms with Gasteiger partial charge < -0.3 is 9.30 Å². The Labute approximate surface area is 254 Å². The van der Waals surface area contributed by atoms with E-state index in [1.807, 2.05) is 18.2 Å². The second-order valence-electron chi connectivity index (χ2n) is 11.0. The highest BCUT2D eigenvalue weighted by Gasteiger charge is 2.31. The summed E-state index contributed by atoms with van der Waals surface area (Å²) < 4.78 is 44.5. The van der Waals surface area contributed by atoms with Gasteiger partial charge in [0.2, 0.25) is 0 Å². The first-order chi connectivity index (χ1) is 20.8. The fourth-order valence-electron chi connectivity index (χ4n) is 5.78. The van der Waals surface area contributed by atoms with Gasteiger partial charge in [0.05, 0.1) is 5.52 Å². The third kappa shape index (κ3) is 6.90. The number of hydrogen-bond acceptors (Lipinski definition) is 3. The van der Waals surface area contributed by atoms with Crippen LogP contribution in [0, 0.1) is 0 Å². The number of fused-ring (bicyclic) bond motifs is 1. The van der Waals surface area contributed by atoms with Crippen molar-refractivity contribution in [2.75, 3.05) is 26.2 Å². The number of alkyl halides is 3. The van der Waals surface area contributed by atoms with Crippen LogP contribution in [0.3, 0.4) is 0 Å². The lowest BCUT2D eigenvalue weighted by Crippen LogP contribution is -2.45. The average molecular weight is 604 g/mol. The maximum Gasteiger partial charge on any atom is 0.573 e. The first-order valence-corrected chi connectivity index (χ1v) is 14.9. The van der Waals surface area contributed by atoms with Crippen LogP contribution in [0.2, 0.25) is 5.02 Å². The predicted octanol–water partition coefficient (Wildman–Crippen LogP) is 8.73. The molecule has 0 atom stereocenters. The maximum absolute atomic E-state index is 12.8. The molecule has 0 aliphatic carbocycles. The van der Waals surface area contributed by atoms with E-state index in [0.29, 0.717) is 0 Å². The van der Waals surface area contributed by atoms with Crippen molar-refractivity contribution < 1.29 is 17.9 Å². The van der Waals surface area contributed by atoms with Gasteiger partial charge in [0.15, 0.2) is 0 Å². The Morgan fingerprint density at radius 2 is 1.42 bits per heavy atom. The summed E-state index contributed by atoms with van der Waals surface area (Å²) in [6.45, 7) is 7.66. The van der Waals surface area contributed by atoms with E-state index >= 15 is 0 Å². The standard InChI is InChI=1S/C35H33ClF3N3O/c1-2-25-7-12-29(13-8-25)42-24-32(27-10-14-30(15-11-27)43-35(37,38)39)31-21-26(9-16-34(31)42)22-40-17-19-41(20-18-40)23-28-5-3-4-6-33(28)36/h3-16,21,24H,2,17-20,22-23H2,1H3. The number of nitrogens with zero attached hydrogens (tertiary/aromatic N) is 3. The van der Waals surface area contributed by atoms with Crippen LogP contribution >= 0.6 is 11.6 Å². The second-order valence-corrected chi connectivity index (χ2v) is 11.4. The van der Waals surface area contributed by atoms with Gasteiger partial charge in [-0.05, 0) is 71.1 Å². The van der Waals surface area contributed by atoms with Gasteiger partial charge in [0.25, 0.3) is 0 Å². The summed E-state index contributed by atoms with van der Waals surface area (Å²) in [5.41, 5.74) is 7.48. The van der Waals surface area contributed by atoms with Crippen molar-refractivity contribution >= 4 is 22.5 Å². The van der Waals surface area contributed by atoms with E-state index in [-0.39, 0.29) is 5.75 Å². The highest BCUT2D eigenvalue weighted by atomic mass is 35.5. The number of halogens is 4. The molecule has 1 aliphatic rings. The summed E-state index contributed by atoms with van der Waals surface area (Å²) in [5, 5.41) is 1.86. The van der Waals surface area contributed by atoms with Gasteiger partial charge >= 0.3 is 6.36 Å². The fourth-order valence-corrected chi connectivity index (χ4v) is 5.97. The van der Waals surface area contributed by atoms with Crippen LogP contribution in [0.15, 0.2) is 97.2 Å². The summed E-state index contributed by atoms with van der Waals surface area (Å²) in [5.74, 6) is -0.232. The third-order valence-electron chi connectivity index (χ3n) is 8.11. The number of ether oxygens (including phenoxy) is 1. The molecule has 8 heteroatoms. The van der Waals surface area contributed by atoms with Crippen molar-refractivity contribution in [1.29, 1.82) is 0 Å². The van der Waals surface area contributed by atoms with Crippen molar-refractivity contribution in [2.24, 2.45) is 0 Å². The predicted molar refractivity (Wildman–Crippen MR) is 167 cm³/mol. The minimum absolute atomic E-state index is 0.232. The summed E-state index contributed by atoms with van der Waals surface area (Å²) in [6, 6.07) is 29.1. The molecule has 1 fully saturated rings. The Bertz CT molecular complexity index is 1690. The number of hydrogen-bond donors (Lipinski definition) is 0. The Morgan fingerprint density at radius 3 is 2.07 bits per heavy atom. The second kappa shape index (κ2) is 12.4. The summed E-state index contributed by atoms with van der Waals surface area (Å²) in [4.78, 5) is 4.91. The highest BCUT2D eigenvalue weighted by Crippen LogP contribution is 2.35. The average Bonchev–Trinajstić information content (AvgIpc) is 3.38. The molecule has 1 saturated heterocycles. The van der Waals surface area contributed by atoms with E-state index in [0.717, 1.165) is 84.0 Å². The van der Waals surface area contributed by atoms with Crippen LogP contribution in [0.4, 0.5) is 13.2 Å². The highest BCUT2D eigenvalue weighted by molar-refractivity contribution is 6.31. The molecule has 4 nitrogen and oxygen atoms in total. The molecule has 0 radical (unpaired) electrons. The smallest absolute Gasteiger partial charge is 0.406 e. The molecule has 0 amide bonds. The van der Waals surface area contributed by atoms with Gasteiger partial charge in [-0.2, -0.15) is 0 Å². The molecule has 1 aromatic heterocycles. The van der Waals surface area contributed by atoms with Crippen LogP contribution in [-0.2, 0) is 19.5 Å². The zero-order chi connectivity index (χ0) is 30.0. The van der Waals surface area contributed by atoms with Gasteiger partial charge in [-0.1, -0.05) is 67.1 Å². The third-order valence-corrected chi connectivity index (χ3v) is 8.48. The lowest BCUT2D eigenvalue weighted by molar-refractivity contribution is -0.274. The summed E-state index contributed by atoms with van der Waals surface area (Å²) in [7, 11) is 0. The molecule has 0 spiro atoms. The first kappa shape index (κ1) is 29.3. The number of rotatable bonds is 8. The lowest BCUT2D eigenvalue weighted by atomic mass is 10.0. The molecule has 0 bridgehead atoms. The van der Waals surface area contributed by atoms with Crippen molar-refractivity contribution in [2.45, 2.75) is 32.8 Å². The topological polar surface area (TPSA) is 20.6 Å². The molecule has 5 aromatic rings. The van der Waals surface area contributed by atoms with Gasteiger partial charge in [-0.3, -0.25) is 9.80 Å². The molecule has 222 valence electrons. The van der Waals surface area contributed by atoms with Gasteiger partial charge in [-0.15, -0.1) is 13.2 Å². The fraction of sp³-hybridized carbons (Fsp3) is 0.257. The minimum Gasteiger partial charge on any atom is -0.406 e.